The van der Waals surface area contributed by atoms with Gasteiger partial charge in [-0.15, -0.1) is 0 Å². The van der Waals surface area contributed by atoms with Crippen molar-refractivity contribution >= 4 is 6.03 Å². The number of amides is 2. The Balaban J connectivity index is 2.04. The Kier molecular flexibility index (Phi) is 5.21. The fraction of sp³-hybridized carbons (Fsp3) is 0.562. The predicted octanol–water partition coefficient (Wildman–Crippen LogP) is 2.21. The van der Waals surface area contributed by atoms with Crippen molar-refractivity contribution in [3.8, 4) is 0 Å². The maximum atomic E-state index is 13.4. The number of hydrogen-bond acceptors (Lipinski definition) is 3. The number of likely N-dealkylation sites (N-methyl/N-ethyl adjacent to an activating group) is 1. The van der Waals surface area contributed by atoms with Gasteiger partial charge < -0.3 is 20.1 Å². The molecule has 2 amide bonds. The fourth-order valence-corrected chi connectivity index (χ4v) is 2.68. The second-order valence-electron chi connectivity index (χ2n) is 6.48. The lowest BCUT2D eigenvalue weighted by molar-refractivity contribution is 0.0516. The summed E-state index contributed by atoms with van der Waals surface area (Å²) < 4.78 is 32.0. The molecule has 1 aromatic rings. The highest BCUT2D eigenvalue weighted by Crippen LogP contribution is 2.30. The molecule has 0 unspecified atom stereocenters. The van der Waals surface area contributed by atoms with Crippen molar-refractivity contribution in [3.05, 3.63) is 35.4 Å². The van der Waals surface area contributed by atoms with Crippen LogP contribution in [0.3, 0.4) is 0 Å². The van der Waals surface area contributed by atoms with Gasteiger partial charge in [-0.1, -0.05) is 6.07 Å². The first-order chi connectivity index (χ1) is 10.7. The molecule has 128 valence electrons. The third kappa shape index (κ3) is 4.62. The Morgan fingerprint density at radius 1 is 1.43 bits per heavy atom. The minimum absolute atomic E-state index is 0.169. The molecule has 1 aliphatic heterocycles. The van der Waals surface area contributed by atoms with Gasteiger partial charge in [-0.3, -0.25) is 0 Å². The summed E-state index contributed by atoms with van der Waals surface area (Å²) in [5, 5.41) is 12.6. The third-order valence-electron chi connectivity index (χ3n) is 3.64. The molecule has 1 aromatic carbocycles. The summed E-state index contributed by atoms with van der Waals surface area (Å²) in [7, 11) is 1.58. The number of hydrogen-bond donors (Lipinski definition) is 2. The highest BCUT2D eigenvalue weighted by atomic mass is 19.2. The van der Waals surface area contributed by atoms with E-state index in [0.29, 0.717) is 18.6 Å². The normalized spacial score (nSPS) is 21.3. The lowest BCUT2D eigenvalue weighted by atomic mass is 10.0. The number of nitrogens with one attached hydrogen (secondary N) is 1. The number of ether oxygens (including phenoxy) is 1. The number of carbonyl (C=O) groups is 1. The van der Waals surface area contributed by atoms with Crippen LogP contribution in [0.5, 0.6) is 0 Å². The van der Waals surface area contributed by atoms with Crippen LogP contribution in [0.15, 0.2) is 18.2 Å². The van der Waals surface area contributed by atoms with Gasteiger partial charge in [-0.05, 0) is 38.0 Å². The summed E-state index contributed by atoms with van der Waals surface area (Å²) >= 11 is 0. The van der Waals surface area contributed by atoms with Gasteiger partial charge in [-0.25, -0.2) is 13.6 Å². The summed E-state index contributed by atoms with van der Waals surface area (Å²) in [6.07, 6.45) is 0.0516. The molecule has 7 heteroatoms. The average Bonchev–Trinajstić information content (AvgIpc) is 2.88. The van der Waals surface area contributed by atoms with Crippen LogP contribution in [0, 0.1) is 11.6 Å². The van der Waals surface area contributed by atoms with Gasteiger partial charge in [0.1, 0.15) is 6.10 Å². The molecule has 1 aliphatic rings. The first kappa shape index (κ1) is 17.6. The highest BCUT2D eigenvalue weighted by Gasteiger charge is 2.32. The molecule has 2 rings (SSSR count). The van der Waals surface area contributed by atoms with Crippen molar-refractivity contribution in [2.24, 2.45) is 0 Å². The number of carbonyl (C=O) groups excluding carboxylic acids is 1. The smallest absolute Gasteiger partial charge is 0.317 e. The van der Waals surface area contributed by atoms with Crippen LogP contribution in [-0.4, -0.2) is 47.9 Å². The molecule has 1 saturated heterocycles. The minimum atomic E-state index is -1.00. The Labute approximate surface area is 134 Å². The monoisotopic (exact) mass is 328 g/mol. The Morgan fingerprint density at radius 3 is 2.74 bits per heavy atom. The molecule has 1 heterocycles. The lowest BCUT2D eigenvalue weighted by Crippen LogP contribution is -2.48. The molecule has 2 N–H and O–H groups in total. The summed E-state index contributed by atoms with van der Waals surface area (Å²) in [5.74, 6) is -1.86. The van der Waals surface area contributed by atoms with Crippen LogP contribution in [0.2, 0.25) is 0 Å². The molecule has 0 bridgehead atoms. The van der Waals surface area contributed by atoms with Gasteiger partial charge in [-0.2, -0.15) is 0 Å². The second kappa shape index (κ2) is 6.80. The van der Waals surface area contributed by atoms with E-state index in [1.54, 1.807) is 20.9 Å². The number of nitrogens with zero attached hydrogens (tertiary/aromatic N) is 1. The molecule has 0 saturated carbocycles. The van der Waals surface area contributed by atoms with E-state index in [9.17, 15) is 18.7 Å². The second-order valence-corrected chi connectivity index (χ2v) is 6.48. The van der Waals surface area contributed by atoms with Gasteiger partial charge in [0.2, 0.25) is 0 Å². The quantitative estimate of drug-likeness (QED) is 0.891. The van der Waals surface area contributed by atoms with Crippen LogP contribution in [-0.2, 0) is 4.74 Å². The number of rotatable bonds is 4. The van der Waals surface area contributed by atoms with Crippen molar-refractivity contribution < 1.29 is 23.4 Å². The number of urea groups is 1. The summed E-state index contributed by atoms with van der Waals surface area (Å²) in [5.41, 5.74) is -0.519. The van der Waals surface area contributed by atoms with Gasteiger partial charge in [0.25, 0.3) is 0 Å². The van der Waals surface area contributed by atoms with Gasteiger partial charge >= 0.3 is 6.03 Å². The first-order valence-electron chi connectivity index (χ1n) is 7.48. The summed E-state index contributed by atoms with van der Waals surface area (Å²) in [6, 6.07) is 2.90. The van der Waals surface area contributed by atoms with E-state index in [0.717, 1.165) is 12.1 Å². The Morgan fingerprint density at radius 2 is 2.13 bits per heavy atom. The number of aliphatic hydroxyl groups is 1. The van der Waals surface area contributed by atoms with Crippen molar-refractivity contribution in [2.45, 2.75) is 38.0 Å². The van der Waals surface area contributed by atoms with E-state index >= 15 is 0 Å². The van der Waals surface area contributed by atoms with E-state index in [2.05, 4.69) is 5.32 Å². The zero-order chi connectivity index (χ0) is 17.2. The Hall–Kier alpha value is -1.73. The zero-order valence-corrected chi connectivity index (χ0v) is 13.5. The van der Waals surface area contributed by atoms with Crippen molar-refractivity contribution in [1.82, 2.24) is 10.2 Å². The highest BCUT2D eigenvalue weighted by molar-refractivity contribution is 5.74. The van der Waals surface area contributed by atoms with Crippen molar-refractivity contribution in [1.29, 1.82) is 0 Å². The molecule has 1 fully saturated rings. The average molecular weight is 328 g/mol. The first-order valence-corrected chi connectivity index (χ1v) is 7.48. The molecule has 0 spiro atoms. The van der Waals surface area contributed by atoms with E-state index in [1.165, 1.54) is 11.0 Å². The fourth-order valence-electron chi connectivity index (χ4n) is 2.68. The maximum absolute atomic E-state index is 13.4. The van der Waals surface area contributed by atoms with Gasteiger partial charge in [0, 0.05) is 13.7 Å². The SMILES string of the molecule is CN(CC(C)(C)O)C(=O)N[C@H]1CCO[C@@H]1c1ccc(F)c(F)c1. The topological polar surface area (TPSA) is 61.8 Å². The maximum Gasteiger partial charge on any atom is 0.317 e. The lowest BCUT2D eigenvalue weighted by Gasteiger charge is -2.28. The molecule has 0 aliphatic carbocycles. The summed E-state index contributed by atoms with van der Waals surface area (Å²) in [4.78, 5) is 13.6. The van der Waals surface area contributed by atoms with Crippen LogP contribution < -0.4 is 5.32 Å². The molecule has 0 aromatic heterocycles. The third-order valence-corrected chi connectivity index (χ3v) is 3.64. The molecule has 2 atom stereocenters. The van der Waals surface area contributed by atoms with Crippen LogP contribution in [0.1, 0.15) is 31.9 Å². The molecule has 0 radical (unpaired) electrons. The molecule has 5 nitrogen and oxygen atoms in total. The molecular weight excluding hydrogens is 306 g/mol. The number of halogens is 2. The van der Waals surface area contributed by atoms with E-state index < -0.39 is 23.3 Å². The standard InChI is InChI=1S/C16H22F2N2O3/c1-16(2,22)9-20(3)15(21)19-13-6-7-23-14(13)10-4-5-11(17)12(18)8-10/h4-5,8,13-14,22H,6-7,9H2,1-3H3,(H,19,21)/t13-,14+/m0/s1. The van der Waals surface area contributed by atoms with Crippen LogP contribution in [0.25, 0.3) is 0 Å². The molecular formula is C16H22F2N2O3. The minimum Gasteiger partial charge on any atom is -0.389 e. The zero-order valence-electron chi connectivity index (χ0n) is 13.5. The number of benzene rings is 1. The largest absolute Gasteiger partial charge is 0.389 e. The van der Waals surface area contributed by atoms with Crippen LogP contribution >= 0.6 is 0 Å². The van der Waals surface area contributed by atoms with Gasteiger partial charge in [0.05, 0.1) is 18.2 Å². The van der Waals surface area contributed by atoms with Crippen molar-refractivity contribution in [3.63, 3.8) is 0 Å². The van der Waals surface area contributed by atoms with E-state index in [1.807, 2.05) is 0 Å². The van der Waals surface area contributed by atoms with E-state index in [-0.39, 0.29) is 18.6 Å². The Bertz CT molecular complexity index is 575. The molecule has 23 heavy (non-hydrogen) atoms. The summed E-state index contributed by atoms with van der Waals surface area (Å²) in [6.45, 7) is 3.81. The van der Waals surface area contributed by atoms with Crippen LogP contribution in [0.4, 0.5) is 13.6 Å². The predicted molar refractivity (Wildman–Crippen MR) is 80.9 cm³/mol. The van der Waals surface area contributed by atoms with Gasteiger partial charge in [0.15, 0.2) is 11.6 Å². The van der Waals surface area contributed by atoms with Crippen molar-refractivity contribution in [2.75, 3.05) is 20.2 Å². The van der Waals surface area contributed by atoms with E-state index in [4.69, 9.17) is 4.74 Å².